The van der Waals surface area contributed by atoms with Crippen molar-refractivity contribution in [2.75, 3.05) is 0 Å². The van der Waals surface area contributed by atoms with Gasteiger partial charge in [0.2, 0.25) is 0 Å². The summed E-state index contributed by atoms with van der Waals surface area (Å²) in [5.41, 5.74) is -4.49. The molecule has 0 aromatic carbocycles. The predicted octanol–water partition coefficient (Wildman–Crippen LogP) is 10.1. The van der Waals surface area contributed by atoms with Crippen molar-refractivity contribution < 1.29 is 42.1 Å². The summed E-state index contributed by atoms with van der Waals surface area (Å²) in [6, 6.07) is 0. The molecule has 57 heavy (non-hydrogen) atoms. The largest absolute Gasteiger partial charge is 4.00 e. The average Bonchev–Trinajstić information content (AvgIpc) is 3.93. The standard InChI is InChI=1S/4C13H21O.Ti/c4*1-10(2)13(5,14)12(3,4)11-8-6-7-9-11;/h4*6-11H,1-5H3;/q4*-1;+4. The zero-order valence-electron chi connectivity index (χ0n) is 40.0. The summed E-state index contributed by atoms with van der Waals surface area (Å²) in [5, 5.41) is 50.2. The number of rotatable bonds is 12. The molecule has 4 unspecified atom stereocenters. The average molecular weight is 821 g/mol. The molecule has 0 fully saturated rings. The molecule has 0 saturated heterocycles. The molecule has 0 radical (unpaired) electrons. The molecule has 4 atom stereocenters. The van der Waals surface area contributed by atoms with E-state index in [0.717, 1.165) is 0 Å². The summed E-state index contributed by atoms with van der Waals surface area (Å²) in [4.78, 5) is 0. The monoisotopic (exact) mass is 821 g/mol. The van der Waals surface area contributed by atoms with E-state index in [9.17, 15) is 20.4 Å². The molecule has 0 aliphatic heterocycles. The van der Waals surface area contributed by atoms with Gasteiger partial charge in [-0.25, -0.2) is 0 Å². The van der Waals surface area contributed by atoms with Gasteiger partial charge in [-0.1, -0.05) is 259 Å². The Morgan fingerprint density at radius 3 is 0.474 bits per heavy atom. The van der Waals surface area contributed by atoms with Crippen LogP contribution in [0.4, 0.5) is 0 Å². The van der Waals surface area contributed by atoms with Crippen LogP contribution in [0, 0.1) is 69.0 Å². The fourth-order valence-electron chi connectivity index (χ4n) is 7.95. The maximum absolute atomic E-state index is 12.5. The summed E-state index contributed by atoms with van der Waals surface area (Å²) in [7, 11) is 0. The molecule has 0 aromatic rings. The first-order chi connectivity index (χ1) is 25.2. The van der Waals surface area contributed by atoms with Crippen molar-refractivity contribution in [2.24, 2.45) is 69.0 Å². The molecule has 0 saturated carbocycles. The molecular formula is C52H84O4Ti. The normalized spacial score (nSPS) is 21.5. The molecule has 4 nitrogen and oxygen atoms in total. The second-order valence-corrected chi connectivity index (χ2v) is 21.1. The van der Waals surface area contributed by atoms with Gasteiger partial charge in [0.15, 0.2) is 0 Å². The molecular weight excluding hydrogens is 736 g/mol. The molecule has 4 rings (SSSR count). The van der Waals surface area contributed by atoms with E-state index in [4.69, 9.17) is 0 Å². The Hall–Kier alpha value is -1.53. The zero-order valence-corrected chi connectivity index (χ0v) is 41.6. The van der Waals surface area contributed by atoms with Crippen LogP contribution in [0.1, 0.15) is 138 Å². The van der Waals surface area contributed by atoms with E-state index in [1.165, 1.54) is 0 Å². The van der Waals surface area contributed by atoms with Crippen LogP contribution in [0.3, 0.4) is 0 Å². The molecule has 0 N–H and O–H groups in total. The summed E-state index contributed by atoms with van der Waals surface area (Å²) in [6.45, 7) is 40.0. The molecule has 5 heteroatoms. The third kappa shape index (κ3) is 12.3. The van der Waals surface area contributed by atoms with Crippen molar-refractivity contribution in [2.45, 2.75) is 161 Å². The van der Waals surface area contributed by atoms with Gasteiger partial charge in [-0.3, -0.25) is 0 Å². The van der Waals surface area contributed by atoms with Crippen LogP contribution in [0.15, 0.2) is 97.2 Å². The fourth-order valence-corrected chi connectivity index (χ4v) is 7.95. The van der Waals surface area contributed by atoms with E-state index in [0.29, 0.717) is 0 Å². The summed E-state index contributed by atoms with van der Waals surface area (Å²) in [6.07, 6.45) is 33.2. The van der Waals surface area contributed by atoms with Crippen LogP contribution in [0.5, 0.6) is 0 Å². The Labute approximate surface area is 367 Å². The zero-order chi connectivity index (χ0) is 43.9. The third-order valence-corrected chi connectivity index (χ3v) is 15.8. The van der Waals surface area contributed by atoms with E-state index in [1.807, 2.05) is 132 Å². The molecule has 0 aromatic heterocycles. The van der Waals surface area contributed by atoms with Gasteiger partial charge in [0.1, 0.15) is 0 Å². The Kier molecular flexibility index (Phi) is 20.3. The second-order valence-electron chi connectivity index (χ2n) is 21.1. The van der Waals surface area contributed by atoms with Crippen LogP contribution >= 0.6 is 0 Å². The molecule has 0 bridgehead atoms. The predicted molar refractivity (Wildman–Crippen MR) is 235 cm³/mol. The van der Waals surface area contributed by atoms with Gasteiger partial charge in [-0.05, 0) is 45.3 Å². The third-order valence-electron chi connectivity index (χ3n) is 15.8. The van der Waals surface area contributed by atoms with Gasteiger partial charge < -0.3 is 20.4 Å². The number of allylic oxidation sites excluding steroid dienone is 16. The Morgan fingerprint density at radius 1 is 0.281 bits per heavy atom. The van der Waals surface area contributed by atoms with Crippen LogP contribution in [0.25, 0.3) is 0 Å². The van der Waals surface area contributed by atoms with Gasteiger partial charge in [0, 0.05) is 0 Å². The van der Waals surface area contributed by atoms with Crippen LogP contribution in [-0.2, 0) is 21.7 Å². The smallest absolute Gasteiger partial charge is 0.849 e. The second kappa shape index (κ2) is 20.8. The molecule has 0 heterocycles. The van der Waals surface area contributed by atoms with Gasteiger partial charge in [-0.2, -0.15) is 0 Å². The molecule has 4 aliphatic carbocycles. The topological polar surface area (TPSA) is 92.2 Å². The van der Waals surface area contributed by atoms with E-state index in [-0.39, 0.29) is 90.7 Å². The first-order valence-corrected chi connectivity index (χ1v) is 21.4. The van der Waals surface area contributed by atoms with Crippen molar-refractivity contribution >= 4 is 0 Å². The van der Waals surface area contributed by atoms with Gasteiger partial charge in [0.05, 0.1) is 0 Å². The molecule has 0 spiro atoms. The summed E-state index contributed by atoms with van der Waals surface area (Å²) >= 11 is 0. The first kappa shape index (κ1) is 55.5. The van der Waals surface area contributed by atoms with Crippen molar-refractivity contribution in [3.63, 3.8) is 0 Å². The Balaban J connectivity index is 0.000000729. The minimum atomic E-state index is -0.892. The van der Waals surface area contributed by atoms with Crippen LogP contribution in [0.2, 0.25) is 0 Å². The van der Waals surface area contributed by atoms with Crippen molar-refractivity contribution in [1.82, 2.24) is 0 Å². The number of hydrogen-bond acceptors (Lipinski definition) is 4. The summed E-state index contributed by atoms with van der Waals surface area (Å²) < 4.78 is 0. The van der Waals surface area contributed by atoms with E-state index < -0.39 is 22.4 Å². The molecule has 320 valence electrons. The van der Waals surface area contributed by atoms with Crippen molar-refractivity contribution in [3.8, 4) is 0 Å². The minimum absolute atomic E-state index is 0. The van der Waals surface area contributed by atoms with Crippen molar-refractivity contribution in [3.05, 3.63) is 97.2 Å². The molecule has 0 amide bonds. The quantitative estimate of drug-likeness (QED) is 0.183. The van der Waals surface area contributed by atoms with Crippen molar-refractivity contribution in [1.29, 1.82) is 0 Å². The fraction of sp³-hybridized carbons (Fsp3) is 0.692. The summed E-state index contributed by atoms with van der Waals surface area (Å²) in [5.74, 6) is 1.75. The number of hydrogen-bond donors (Lipinski definition) is 0. The van der Waals surface area contributed by atoms with Crippen LogP contribution < -0.4 is 20.4 Å². The van der Waals surface area contributed by atoms with Crippen LogP contribution in [-0.4, -0.2) is 22.4 Å². The SMILES string of the molecule is CC(C)C(C)([O-])C(C)(C)C1C=CC=C1.CC(C)C(C)([O-])C(C)(C)C1C=CC=C1.CC(C)C(C)([O-])C(C)(C)C1C=CC=C1.CC(C)C(C)([O-])C(C)(C)C1C=CC=C1.[Ti+4]. The van der Waals surface area contributed by atoms with Gasteiger partial charge in [-0.15, -0.1) is 22.4 Å². The van der Waals surface area contributed by atoms with E-state index in [1.54, 1.807) is 0 Å². The molecule has 4 aliphatic rings. The Bertz CT molecular complexity index is 1210. The van der Waals surface area contributed by atoms with Gasteiger partial charge in [0.25, 0.3) is 0 Å². The maximum atomic E-state index is 12.5. The minimum Gasteiger partial charge on any atom is -0.849 e. The maximum Gasteiger partial charge on any atom is 4.00 e. The van der Waals surface area contributed by atoms with E-state index in [2.05, 4.69) is 104 Å². The first-order valence-electron chi connectivity index (χ1n) is 21.4. The Morgan fingerprint density at radius 2 is 0.386 bits per heavy atom. The van der Waals surface area contributed by atoms with E-state index >= 15 is 0 Å². The van der Waals surface area contributed by atoms with Gasteiger partial charge >= 0.3 is 21.7 Å².